The largest absolute Gasteiger partial charge is 0.354 e. The molecule has 4 nitrogen and oxygen atoms in total. The molecule has 0 heterocycles. The summed E-state index contributed by atoms with van der Waals surface area (Å²) in [4.78, 5) is 24.4. The number of benzene rings is 2. The van der Waals surface area contributed by atoms with Gasteiger partial charge in [0.05, 0.1) is 6.54 Å². The van der Waals surface area contributed by atoms with Crippen LogP contribution >= 0.6 is 15.9 Å². The van der Waals surface area contributed by atoms with Gasteiger partial charge in [0.2, 0.25) is 5.91 Å². The Morgan fingerprint density at radius 3 is 2.38 bits per heavy atom. The zero-order chi connectivity index (χ0) is 18.4. The molecule has 26 heavy (non-hydrogen) atoms. The fourth-order valence-electron chi connectivity index (χ4n) is 3.63. The van der Waals surface area contributed by atoms with Gasteiger partial charge in [-0.3, -0.25) is 9.59 Å². The van der Waals surface area contributed by atoms with Crippen molar-refractivity contribution in [3.05, 3.63) is 70.2 Å². The smallest absolute Gasteiger partial charge is 0.251 e. The van der Waals surface area contributed by atoms with Crippen LogP contribution in [0.15, 0.2) is 59.1 Å². The summed E-state index contributed by atoms with van der Waals surface area (Å²) in [6.07, 6.45) is 4.54. The average Bonchev–Trinajstić information content (AvgIpc) is 3.15. The number of rotatable bonds is 6. The molecule has 0 radical (unpaired) electrons. The zero-order valence-corrected chi connectivity index (χ0v) is 16.2. The van der Waals surface area contributed by atoms with Crippen LogP contribution in [-0.2, 0) is 10.2 Å². The summed E-state index contributed by atoms with van der Waals surface area (Å²) in [5.74, 6) is -0.407. The van der Waals surface area contributed by atoms with Gasteiger partial charge in [-0.1, -0.05) is 65.2 Å². The molecule has 0 aromatic heterocycles. The van der Waals surface area contributed by atoms with Gasteiger partial charge in [-0.15, -0.1) is 0 Å². The maximum absolute atomic E-state index is 12.2. The summed E-state index contributed by atoms with van der Waals surface area (Å²) in [6.45, 7) is 0.596. The molecule has 1 saturated carbocycles. The summed E-state index contributed by atoms with van der Waals surface area (Å²) >= 11 is 3.34. The van der Waals surface area contributed by atoms with Crippen molar-refractivity contribution in [3.63, 3.8) is 0 Å². The van der Waals surface area contributed by atoms with Crippen molar-refractivity contribution in [2.24, 2.45) is 0 Å². The lowest BCUT2D eigenvalue weighted by molar-refractivity contribution is -0.120. The first-order chi connectivity index (χ1) is 12.6. The Labute approximate surface area is 162 Å². The van der Waals surface area contributed by atoms with Crippen LogP contribution in [0.25, 0.3) is 0 Å². The molecule has 0 aliphatic heterocycles. The van der Waals surface area contributed by atoms with E-state index in [2.05, 4.69) is 50.8 Å². The molecule has 0 bridgehead atoms. The summed E-state index contributed by atoms with van der Waals surface area (Å²) in [6, 6.07) is 17.5. The quantitative estimate of drug-likeness (QED) is 0.754. The molecule has 2 aromatic rings. The van der Waals surface area contributed by atoms with Gasteiger partial charge in [-0.25, -0.2) is 0 Å². The van der Waals surface area contributed by atoms with Gasteiger partial charge < -0.3 is 10.6 Å². The third kappa shape index (κ3) is 4.52. The predicted molar refractivity (Wildman–Crippen MR) is 106 cm³/mol. The highest BCUT2D eigenvalue weighted by Crippen LogP contribution is 2.40. The maximum Gasteiger partial charge on any atom is 0.251 e. The number of carbonyl (C=O) groups excluding carboxylic acids is 2. The molecule has 1 aliphatic rings. The molecule has 2 amide bonds. The first-order valence-electron chi connectivity index (χ1n) is 8.95. The Morgan fingerprint density at radius 1 is 0.962 bits per heavy atom. The van der Waals surface area contributed by atoms with E-state index in [0.717, 1.165) is 17.3 Å². The van der Waals surface area contributed by atoms with E-state index in [4.69, 9.17) is 0 Å². The molecule has 5 heteroatoms. The van der Waals surface area contributed by atoms with Crippen LogP contribution in [0.5, 0.6) is 0 Å². The van der Waals surface area contributed by atoms with Gasteiger partial charge in [-0.2, -0.15) is 0 Å². The molecule has 3 rings (SSSR count). The van der Waals surface area contributed by atoms with Crippen molar-refractivity contribution in [2.45, 2.75) is 31.1 Å². The van der Waals surface area contributed by atoms with Crippen LogP contribution in [0.3, 0.4) is 0 Å². The van der Waals surface area contributed by atoms with E-state index < -0.39 is 0 Å². The normalized spacial score (nSPS) is 15.4. The van der Waals surface area contributed by atoms with Crippen molar-refractivity contribution in [3.8, 4) is 0 Å². The number of carbonyl (C=O) groups is 2. The lowest BCUT2D eigenvalue weighted by atomic mass is 9.79. The highest BCUT2D eigenvalue weighted by molar-refractivity contribution is 9.10. The molecule has 0 unspecified atom stereocenters. The van der Waals surface area contributed by atoms with Gasteiger partial charge in [0.25, 0.3) is 5.91 Å². The minimum atomic E-state index is -0.250. The van der Waals surface area contributed by atoms with Crippen molar-refractivity contribution in [1.29, 1.82) is 0 Å². The highest BCUT2D eigenvalue weighted by Gasteiger charge is 2.35. The number of halogens is 1. The van der Waals surface area contributed by atoms with E-state index in [9.17, 15) is 9.59 Å². The van der Waals surface area contributed by atoms with Gasteiger partial charge in [0.15, 0.2) is 0 Å². The van der Waals surface area contributed by atoms with Crippen LogP contribution in [-0.4, -0.2) is 24.9 Å². The topological polar surface area (TPSA) is 58.2 Å². The second-order valence-corrected chi connectivity index (χ2v) is 7.74. The predicted octanol–water partition coefficient (Wildman–Crippen LogP) is 3.81. The lowest BCUT2D eigenvalue weighted by Crippen LogP contribution is -2.43. The summed E-state index contributed by atoms with van der Waals surface area (Å²) < 4.78 is 0.834. The molecular weight excluding hydrogens is 392 g/mol. The highest BCUT2D eigenvalue weighted by atomic mass is 79.9. The minimum Gasteiger partial charge on any atom is -0.354 e. The maximum atomic E-state index is 12.2. The third-order valence-corrected chi connectivity index (χ3v) is 5.56. The van der Waals surface area contributed by atoms with E-state index in [1.165, 1.54) is 18.4 Å². The van der Waals surface area contributed by atoms with E-state index in [1.807, 2.05) is 12.1 Å². The molecule has 136 valence electrons. The average molecular weight is 415 g/mol. The van der Waals surface area contributed by atoms with Gasteiger partial charge in [0, 0.05) is 22.0 Å². The number of amides is 2. The molecule has 2 aromatic carbocycles. The Morgan fingerprint density at radius 2 is 1.69 bits per heavy atom. The first-order valence-corrected chi connectivity index (χ1v) is 9.74. The first kappa shape index (κ1) is 18.6. The van der Waals surface area contributed by atoms with Crippen molar-refractivity contribution < 1.29 is 9.59 Å². The van der Waals surface area contributed by atoms with Crippen molar-refractivity contribution in [2.75, 3.05) is 13.1 Å². The standard InChI is InChI=1S/C21H23BrN2O2/c22-18-10-6-7-16(13-18)20(26)23-14-19(25)24-15-21(11-4-5-12-21)17-8-2-1-3-9-17/h1-3,6-10,13H,4-5,11-12,14-15H2,(H,23,26)(H,24,25). The molecule has 0 saturated heterocycles. The van der Waals surface area contributed by atoms with E-state index in [1.54, 1.807) is 18.2 Å². The zero-order valence-electron chi connectivity index (χ0n) is 14.6. The molecule has 0 atom stereocenters. The molecule has 1 fully saturated rings. The van der Waals surface area contributed by atoms with Crippen LogP contribution in [0.2, 0.25) is 0 Å². The number of hydrogen-bond donors (Lipinski definition) is 2. The molecule has 1 aliphatic carbocycles. The Hall–Kier alpha value is -2.14. The number of nitrogens with one attached hydrogen (secondary N) is 2. The van der Waals surface area contributed by atoms with Gasteiger partial charge in [0.1, 0.15) is 0 Å². The Balaban J connectivity index is 1.54. The lowest BCUT2D eigenvalue weighted by Gasteiger charge is -2.30. The molecule has 2 N–H and O–H groups in total. The Kier molecular flexibility index (Phi) is 6.09. The Bertz CT molecular complexity index is 771. The van der Waals surface area contributed by atoms with Crippen LogP contribution in [0.4, 0.5) is 0 Å². The fraction of sp³-hybridized carbons (Fsp3) is 0.333. The SMILES string of the molecule is O=C(CNC(=O)c1cccc(Br)c1)NCC1(c2ccccc2)CCCC1. The summed E-state index contributed by atoms with van der Waals surface area (Å²) in [5.41, 5.74) is 1.84. The van der Waals surface area contributed by atoms with Crippen LogP contribution < -0.4 is 10.6 Å². The number of hydrogen-bond acceptors (Lipinski definition) is 2. The third-order valence-electron chi connectivity index (χ3n) is 5.07. The van der Waals surface area contributed by atoms with Crippen LogP contribution in [0, 0.1) is 0 Å². The van der Waals surface area contributed by atoms with E-state index in [-0.39, 0.29) is 23.8 Å². The van der Waals surface area contributed by atoms with E-state index >= 15 is 0 Å². The molecular formula is C21H23BrN2O2. The van der Waals surface area contributed by atoms with Gasteiger partial charge in [-0.05, 0) is 36.6 Å². The second kappa shape index (κ2) is 8.49. The van der Waals surface area contributed by atoms with Crippen molar-refractivity contribution in [1.82, 2.24) is 10.6 Å². The minimum absolute atomic E-state index is 0.0176. The second-order valence-electron chi connectivity index (χ2n) is 6.82. The van der Waals surface area contributed by atoms with Gasteiger partial charge >= 0.3 is 0 Å². The monoisotopic (exact) mass is 414 g/mol. The van der Waals surface area contributed by atoms with E-state index in [0.29, 0.717) is 12.1 Å². The fourth-order valence-corrected chi connectivity index (χ4v) is 4.03. The van der Waals surface area contributed by atoms with Crippen molar-refractivity contribution >= 4 is 27.7 Å². The summed E-state index contributed by atoms with van der Waals surface area (Å²) in [7, 11) is 0. The summed E-state index contributed by atoms with van der Waals surface area (Å²) in [5, 5.41) is 5.70. The molecule has 0 spiro atoms. The van der Waals surface area contributed by atoms with Crippen LogP contribution in [0.1, 0.15) is 41.6 Å².